The number of imidazole rings is 1. The number of amides is 1. The molecular weight excluding hydrogens is 394 g/mol. The first-order valence-corrected chi connectivity index (χ1v) is 11.3. The zero-order chi connectivity index (χ0) is 22.4. The SMILES string of the molecule is Cc1cc(C)c(Cn2c(C3CC(=O)N(c4ccccc4C)C3)nc3ccccc32)c(C)c1. The second kappa shape index (κ2) is 7.94. The minimum absolute atomic E-state index is 0.0700. The Hall–Kier alpha value is -3.40. The van der Waals surface area contributed by atoms with Gasteiger partial charge < -0.3 is 9.47 Å². The van der Waals surface area contributed by atoms with Crippen LogP contribution in [0.15, 0.2) is 60.7 Å². The normalized spacial score (nSPS) is 16.3. The third-order valence-corrected chi connectivity index (χ3v) is 6.74. The van der Waals surface area contributed by atoms with Gasteiger partial charge in [-0.25, -0.2) is 4.98 Å². The van der Waals surface area contributed by atoms with Gasteiger partial charge in [0.1, 0.15) is 5.82 Å². The highest BCUT2D eigenvalue weighted by molar-refractivity contribution is 5.97. The highest BCUT2D eigenvalue weighted by Crippen LogP contribution is 2.35. The molecule has 0 radical (unpaired) electrons. The number of para-hydroxylation sites is 3. The van der Waals surface area contributed by atoms with E-state index in [9.17, 15) is 4.79 Å². The van der Waals surface area contributed by atoms with Gasteiger partial charge in [0.2, 0.25) is 5.91 Å². The summed E-state index contributed by atoms with van der Waals surface area (Å²) in [7, 11) is 0. The lowest BCUT2D eigenvalue weighted by Crippen LogP contribution is -2.25. The fourth-order valence-corrected chi connectivity index (χ4v) is 5.17. The lowest BCUT2D eigenvalue weighted by atomic mass is 9.99. The van der Waals surface area contributed by atoms with Crippen molar-refractivity contribution < 1.29 is 4.79 Å². The van der Waals surface area contributed by atoms with Gasteiger partial charge in [-0.05, 0) is 68.1 Å². The largest absolute Gasteiger partial charge is 0.323 e. The molecule has 2 heterocycles. The van der Waals surface area contributed by atoms with Crippen molar-refractivity contribution in [3.05, 3.63) is 94.3 Å². The van der Waals surface area contributed by atoms with E-state index >= 15 is 0 Å². The highest BCUT2D eigenvalue weighted by Gasteiger charge is 2.35. The van der Waals surface area contributed by atoms with Gasteiger partial charge in [0.05, 0.1) is 11.0 Å². The summed E-state index contributed by atoms with van der Waals surface area (Å²) in [5, 5.41) is 0. The number of hydrogen-bond donors (Lipinski definition) is 0. The predicted octanol–water partition coefficient (Wildman–Crippen LogP) is 5.84. The van der Waals surface area contributed by atoms with E-state index in [4.69, 9.17) is 4.98 Å². The lowest BCUT2D eigenvalue weighted by molar-refractivity contribution is -0.117. The van der Waals surface area contributed by atoms with Crippen LogP contribution < -0.4 is 4.90 Å². The summed E-state index contributed by atoms with van der Waals surface area (Å²) in [6.45, 7) is 10.0. The third-order valence-electron chi connectivity index (χ3n) is 6.74. The molecule has 32 heavy (non-hydrogen) atoms. The first kappa shape index (κ1) is 20.5. The quantitative estimate of drug-likeness (QED) is 0.414. The molecule has 0 bridgehead atoms. The molecule has 4 nitrogen and oxygen atoms in total. The van der Waals surface area contributed by atoms with Crippen molar-refractivity contribution in [2.45, 2.75) is 46.6 Å². The average molecular weight is 424 g/mol. The molecule has 1 unspecified atom stereocenters. The molecule has 1 atom stereocenters. The summed E-state index contributed by atoms with van der Waals surface area (Å²) >= 11 is 0. The summed E-state index contributed by atoms with van der Waals surface area (Å²) in [5.41, 5.74) is 9.48. The number of fused-ring (bicyclic) bond motifs is 1. The van der Waals surface area contributed by atoms with Crippen molar-refractivity contribution in [1.29, 1.82) is 0 Å². The Morgan fingerprint density at radius 3 is 2.34 bits per heavy atom. The van der Waals surface area contributed by atoms with Crippen LogP contribution in [0.2, 0.25) is 0 Å². The zero-order valence-electron chi connectivity index (χ0n) is 19.2. The average Bonchev–Trinajstić information content (AvgIpc) is 3.31. The smallest absolute Gasteiger partial charge is 0.227 e. The van der Waals surface area contributed by atoms with Crippen LogP contribution in [0.3, 0.4) is 0 Å². The molecule has 162 valence electrons. The molecule has 4 aromatic rings. The molecule has 1 aliphatic rings. The Morgan fingerprint density at radius 1 is 0.906 bits per heavy atom. The lowest BCUT2D eigenvalue weighted by Gasteiger charge is -2.20. The predicted molar refractivity (Wildman–Crippen MR) is 130 cm³/mol. The van der Waals surface area contributed by atoms with Gasteiger partial charge in [-0.1, -0.05) is 48.0 Å². The van der Waals surface area contributed by atoms with E-state index in [2.05, 4.69) is 68.7 Å². The van der Waals surface area contributed by atoms with Gasteiger partial charge in [0.25, 0.3) is 0 Å². The number of benzene rings is 3. The number of anilines is 1. The van der Waals surface area contributed by atoms with E-state index in [0.717, 1.165) is 34.7 Å². The molecule has 1 amide bonds. The highest BCUT2D eigenvalue weighted by atomic mass is 16.2. The van der Waals surface area contributed by atoms with Crippen LogP contribution in [0.25, 0.3) is 11.0 Å². The molecule has 5 rings (SSSR count). The van der Waals surface area contributed by atoms with Crippen molar-refractivity contribution in [2.75, 3.05) is 11.4 Å². The maximum atomic E-state index is 13.0. The van der Waals surface area contributed by atoms with Crippen LogP contribution in [-0.4, -0.2) is 22.0 Å². The number of nitrogens with zero attached hydrogens (tertiary/aromatic N) is 3. The van der Waals surface area contributed by atoms with Crippen molar-refractivity contribution in [3.8, 4) is 0 Å². The van der Waals surface area contributed by atoms with Crippen molar-refractivity contribution in [3.63, 3.8) is 0 Å². The van der Waals surface area contributed by atoms with Crippen molar-refractivity contribution >= 4 is 22.6 Å². The molecule has 1 aromatic heterocycles. The van der Waals surface area contributed by atoms with Gasteiger partial charge in [-0.15, -0.1) is 0 Å². The van der Waals surface area contributed by atoms with E-state index in [1.165, 1.54) is 22.3 Å². The van der Waals surface area contributed by atoms with E-state index < -0.39 is 0 Å². The van der Waals surface area contributed by atoms with Crippen LogP contribution in [0.1, 0.15) is 46.0 Å². The van der Waals surface area contributed by atoms with Crippen LogP contribution >= 0.6 is 0 Å². The first-order valence-electron chi connectivity index (χ1n) is 11.3. The molecule has 1 saturated heterocycles. The standard InChI is InChI=1S/C28H29N3O/c1-18-13-20(3)23(21(4)14-18)17-31-26-12-8-6-10-24(26)29-28(31)22-15-27(32)30(16-22)25-11-7-5-9-19(25)2/h5-14,22H,15-17H2,1-4H3. The van der Waals surface area contributed by atoms with Crippen LogP contribution in [0, 0.1) is 27.7 Å². The molecule has 0 N–H and O–H groups in total. The Morgan fingerprint density at radius 2 is 1.59 bits per heavy atom. The van der Waals surface area contributed by atoms with E-state index in [0.29, 0.717) is 13.0 Å². The molecular formula is C28H29N3O. The molecule has 1 fully saturated rings. The number of rotatable bonds is 4. The second-order valence-corrected chi connectivity index (χ2v) is 9.11. The van der Waals surface area contributed by atoms with Gasteiger partial charge in [-0.3, -0.25) is 4.79 Å². The molecule has 4 heteroatoms. The van der Waals surface area contributed by atoms with Crippen molar-refractivity contribution in [1.82, 2.24) is 9.55 Å². The number of hydrogen-bond acceptors (Lipinski definition) is 2. The maximum absolute atomic E-state index is 13.0. The number of carbonyl (C=O) groups excluding carboxylic acids is 1. The monoisotopic (exact) mass is 423 g/mol. The van der Waals surface area contributed by atoms with E-state index in [-0.39, 0.29) is 11.8 Å². The fraction of sp³-hybridized carbons (Fsp3) is 0.286. The Bertz CT molecular complexity index is 1310. The van der Waals surface area contributed by atoms with Gasteiger partial charge in [0.15, 0.2) is 0 Å². The Balaban J connectivity index is 1.57. The minimum Gasteiger partial charge on any atom is -0.323 e. The fourth-order valence-electron chi connectivity index (χ4n) is 5.17. The topological polar surface area (TPSA) is 38.1 Å². The van der Waals surface area contributed by atoms with Gasteiger partial charge >= 0.3 is 0 Å². The summed E-state index contributed by atoms with van der Waals surface area (Å²) in [6, 6.07) is 20.9. The summed E-state index contributed by atoms with van der Waals surface area (Å²) in [5.74, 6) is 1.25. The number of aromatic nitrogens is 2. The molecule has 0 aliphatic carbocycles. The first-order chi connectivity index (χ1) is 15.4. The minimum atomic E-state index is 0.0700. The van der Waals surface area contributed by atoms with Gasteiger partial charge in [0, 0.05) is 31.1 Å². The zero-order valence-corrected chi connectivity index (χ0v) is 19.2. The maximum Gasteiger partial charge on any atom is 0.227 e. The van der Waals surface area contributed by atoms with Crippen LogP contribution in [-0.2, 0) is 11.3 Å². The molecule has 3 aromatic carbocycles. The molecule has 1 aliphatic heterocycles. The van der Waals surface area contributed by atoms with Crippen LogP contribution in [0.5, 0.6) is 0 Å². The number of carbonyl (C=O) groups is 1. The van der Waals surface area contributed by atoms with Gasteiger partial charge in [-0.2, -0.15) is 0 Å². The Kier molecular flexibility index (Phi) is 5.09. The Labute approximate surface area is 189 Å². The number of aryl methyl sites for hydroxylation is 4. The van der Waals surface area contributed by atoms with Crippen LogP contribution in [0.4, 0.5) is 5.69 Å². The van der Waals surface area contributed by atoms with E-state index in [1.54, 1.807) is 0 Å². The third kappa shape index (κ3) is 3.50. The summed E-state index contributed by atoms with van der Waals surface area (Å²) < 4.78 is 2.33. The summed E-state index contributed by atoms with van der Waals surface area (Å²) in [6.07, 6.45) is 0.490. The molecule has 0 saturated carbocycles. The summed E-state index contributed by atoms with van der Waals surface area (Å²) in [4.78, 5) is 20.0. The second-order valence-electron chi connectivity index (χ2n) is 9.11. The molecule has 0 spiro atoms. The van der Waals surface area contributed by atoms with Crippen molar-refractivity contribution in [2.24, 2.45) is 0 Å². The van der Waals surface area contributed by atoms with E-state index in [1.807, 2.05) is 29.2 Å².